The lowest BCUT2D eigenvalue weighted by Gasteiger charge is -1.95. The molecule has 0 aliphatic rings. The molecule has 0 aliphatic heterocycles. The topological polar surface area (TPSA) is 47.6 Å². The fraction of sp³-hybridized carbons (Fsp3) is 0.167. The summed E-state index contributed by atoms with van der Waals surface area (Å²) in [5, 5.41) is 16.8. The molecule has 0 N–H and O–H groups in total. The minimum Gasteiger partial charge on any atom is -0.198 e. The van der Waals surface area contributed by atoms with Crippen molar-refractivity contribution in [2.24, 2.45) is 0 Å². The smallest absolute Gasteiger partial charge is 0.0669 e. The van der Waals surface area contributed by atoms with Gasteiger partial charge in [-0.25, -0.2) is 0 Å². The van der Waals surface area contributed by atoms with E-state index in [2.05, 4.69) is 6.07 Å². The molecule has 0 atom stereocenters. The van der Waals surface area contributed by atoms with Gasteiger partial charge in [-0.15, -0.1) is 0 Å². The Morgan fingerprint density at radius 3 is 2.36 bits per heavy atom. The third kappa shape index (κ3) is 3.13. The summed E-state index contributed by atoms with van der Waals surface area (Å²) >= 11 is 0. The van der Waals surface area contributed by atoms with Crippen molar-refractivity contribution in [1.29, 1.82) is 10.5 Å². The van der Waals surface area contributed by atoms with Gasteiger partial charge in [-0.3, -0.25) is 0 Å². The maximum atomic E-state index is 8.46. The van der Waals surface area contributed by atoms with Crippen LogP contribution in [-0.2, 0) is 6.42 Å². The van der Waals surface area contributed by atoms with Crippen molar-refractivity contribution in [3.8, 4) is 12.1 Å². The van der Waals surface area contributed by atoms with Crippen LogP contribution in [0.1, 0.15) is 17.5 Å². The molecule has 1 rings (SSSR count). The number of rotatable bonds is 3. The van der Waals surface area contributed by atoms with E-state index < -0.39 is 0 Å². The van der Waals surface area contributed by atoms with E-state index in [1.165, 1.54) is 0 Å². The van der Waals surface area contributed by atoms with Crippen LogP contribution in [0.15, 0.2) is 30.3 Å². The van der Waals surface area contributed by atoms with Crippen LogP contribution < -0.4 is 0 Å². The first-order valence-corrected chi connectivity index (χ1v) is 4.36. The molecule has 1 aromatic rings. The van der Waals surface area contributed by atoms with Crippen LogP contribution >= 0.6 is 0 Å². The standard InChI is InChI=1S/C12H10N2/c13-9-2-1-3-11-4-6-12(7-5-11)8-10-14/h1,3-7H,2,8H2/b3-1+. The second-order valence-corrected chi connectivity index (χ2v) is 2.84. The molecular formula is C12H10N2. The van der Waals surface area contributed by atoms with Gasteiger partial charge in [-0.2, -0.15) is 10.5 Å². The Morgan fingerprint density at radius 1 is 1.07 bits per heavy atom. The predicted octanol–water partition coefficient (Wildman–Crippen LogP) is 2.68. The van der Waals surface area contributed by atoms with Gasteiger partial charge in [-0.1, -0.05) is 36.4 Å². The minimum atomic E-state index is 0.431. The van der Waals surface area contributed by atoms with Gasteiger partial charge >= 0.3 is 0 Å². The van der Waals surface area contributed by atoms with E-state index in [0.717, 1.165) is 11.1 Å². The molecule has 0 saturated heterocycles. The average molecular weight is 182 g/mol. The van der Waals surface area contributed by atoms with E-state index in [1.807, 2.05) is 42.5 Å². The second-order valence-electron chi connectivity index (χ2n) is 2.84. The van der Waals surface area contributed by atoms with Crippen LogP contribution in [-0.4, -0.2) is 0 Å². The summed E-state index contributed by atoms with van der Waals surface area (Å²) in [5.74, 6) is 0. The molecule has 0 unspecified atom stereocenters. The van der Waals surface area contributed by atoms with Crippen LogP contribution in [0.2, 0.25) is 0 Å². The van der Waals surface area contributed by atoms with Gasteiger partial charge in [0, 0.05) is 0 Å². The highest BCUT2D eigenvalue weighted by Gasteiger charge is 1.90. The van der Waals surface area contributed by atoms with Gasteiger partial charge in [-0.05, 0) is 11.1 Å². The van der Waals surface area contributed by atoms with E-state index in [-0.39, 0.29) is 0 Å². The number of benzene rings is 1. The SMILES string of the molecule is N#CC/C=C/c1ccc(CC#N)cc1. The molecule has 14 heavy (non-hydrogen) atoms. The first-order valence-electron chi connectivity index (χ1n) is 4.36. The lowest BCUT2D eigenvalue weighted by Crippen LogP contribution is -1.80. The highest BCUT2D eigenvalue weighted by Crippen LogP contribution is 2.06. The van der Waals surface area contributed by atoms with Crippen molar-refractivity contribution in [2.45, 2.75) is 12.8 Å². The Bertz CT molecular complexity index is 388. The fourth-order valence-corrected chi connectivity index (χ4v) is 1.09. The Kier molecular flexibility index (Phi) is 3.98. The largest absolute Gasteiger partial charge is 0.198 e. The highest BCUT2D eigenvalue weighted by atomic mass is 14.2. The molecule has 0 fully saturated rings. The fourth-order valence-electron chi connectivity index (χ4n) is 1.09. The minimum absolute atomic E-state index is 0.431. The van der Waals surface area contributed by atoms with Crippen LogP contribution in [0, 0.1) is 22.7 Å². The first-order chi connectivity index (χ1) is 6.86. The zero-order valence-corrected chi connectivity index (χ0v) is 7.77. The molecule has 0 aliphatic carbocycles. The number of hydrogen-bond donors (Lipinski definition) is 0. The zero-order chi connectivity index (χ0) is 10.2. The molecule has 1 aromatic carbocycles. The molecule has 0 spiro atoms. The third-order valence-corrected chi connectivity index (χ3v) is 1.78. The molecule has 0 saturated carbocycles. The van der Waals surface area contributed by atoms with E-state index in [9.17, 15) is 0 Å². The molecule has 0 aromatic heterocycles. The summed E-state index contributed by atoms with van der Waals surface area (Å²) in [7, 11) is 0. The molecule has 2 heteroatoms. The maximum Gasteiger partial charge on any atom is 0.0669 e. The lowest BCUT2D eigenvalue weighted by molar-refractivity contribution is 1.26. The summed E-state index contributed by atoms with van der Waals surface area (Å²) < 4.78 is 0. The van der Waals surface area contributed by atoms with Crippen molar-refractivity contribution in [3.63, 3.8) is 0 Å². The van der Waals surface area contributed by atoms with Crippen LogP contribution in [0.4, 0.5) is 0 Å². The first kappa shape index (κ1) is 10.0. The normalized spacial score (nSPS) is 9.57. The summed E-state index contributed by atoms with van der Waals surface area (Å²) in [6, 6.07) is 11.9. The van der Waals surface area contributed by atoms with Gasteiger partial charge in [0.15, 0.2) is 0 Å². The van der Waals surface area contributed by atoms with Gasteiger partial charge in [0.2, 0.25) is 0 Å². The van der Waals surface area contributed by atoms with Crippen molar-refractivity contribution in [1.82, 2.24) is 0 Å². The Morgan fingerprint density at radius 2 is 1.79 bits per heavy atom. The predicted molar refractivity (Wildman–Crippen MR) is 55.0 cm³/mol. The van der Waals surface area contributed by atoms with E-state index in [1.54, 1.807) is 0 Å². The van der Waals surface area contributed by atoms with Crippen molar-refractivity contribution < 1.29 is 0 Å². The number of nitriles is 2. The average Bonchev–Trinajstić information content (AvgIpc) is 2.21. The van der Waals surface area contributed by atoms with E-state index >= 15 is 0 Å². The molecule has 0 heterocycles. The summed E-state index contributed by atoms with van der Waals surface area (Å²) in [6.45, 7) is 0. The van der Waals surface area contributed by atoms with Crippen LogP contribution in [0.25, 0.3) is 6.08 Å². The number of hydrogen-bond acceptors (Lipinski definition) is 2. The van der Waals surface area contributed by atoms with E-state index in [0.29, 0.717) is 12.8 Å². The van der Waals surface area contributed by atoms with Gasteiger partial charge in [0.05, 0.1) is 25.0 Å². The third-order valence-electron chi connectivity index (χ3n) is 1.78. The lowest BCUT2D eigenvalue weighted by atomic mass is 10.1. The summed E-state index contributed by atoms with van der Waals surface area (Å²) in [5.41, 5.74) is 2.08. The Labute approximate surface area is 83.7 Å². The zero-order valence-electron chi connectivity index (χ0n) is 7.77. The van der Waals surface area contributed by atoms with Crippen molar-refractivity contribution in [2.75, 3.05) is 0 Å². The maximum absolute atomic E-state index is 8.46. The van der Waals surface area contributed by atoms with Crippen molar-refractivity contribution in [3.05, 3.63) is 41.5 Å². The quantitative estimate of drug-likeness (QED) is 0.721. The molecule has 0 bridgehead atoms. The number of nitrogens with zero attached hydrogens (tertiary/aromatic N) is 2. The monoisotopic (exact) mass is 182 g/mol. The molecular weight excluding hydrogens is 172 g/mol. The number of allylic oxidation sites excluding steroid dienone is 1. The summed E-state index contributed by atoms with van der Waals surface area (Å²) in [6.07, 6.45) is 4.60. The highest BCUT2D eigenvalue weighted by molar-refractivity contribution is 5.50. The van der Waals surface area contributed by atoms with Gasteiger partial charge in [0.25, 0.3) is 0 Å². The summed E-state index contributed by atoms with van der Waals surface area (Å²) in [4.78, 5) is 0. The van der Waals surface area contributed by atoms with Crippen molar-refractivity contribution >= 4 is 6.08 Å². The molecule has 0 amide bonds. The Hall–Kier alpha value is -2.06. The molecule has 0 radical (unpaired) electrons. The van der Waals surface area contributed by atoms with Crippen LogP contribution in [0.5, 0.6) is 0 Å². The molecule has 68 valence electrons. The Balaban J connectivity index is 2.66. The molecule has 2 nitrogen and oxygen atoms in total. The second kappa shape index (κ2) is 5.56. The van der Waals surface area contributed by atoms with E-state index in [4.69, 9.17) is 10.5 Å². The van der Waals surface area contributed by atoms with Gasteiger partial charge < -0.3 is 0 Å². The van der Waals surface area contributed by atoms with Gasteiger partial charge in [0.1, 0.15) is 0 Å². The van der Waals surface area contributed by atoms with Crippen LogP contribution in [0.3, 0.4) is 0 Å².